The average molecular weight is 364 g/mol. The predicted octanol–water partition coefficient (Wildman–Crippen LogP) is 4.00. The highest BCUT2D eigenvalue weighted by Gasteiger charge is 2.18. The molecule has 4 nitrogen and oxygen atoms in total. The van der Waals surface area contributed by atoms with Crippen LogP contribution in [-0.4, -0.2) is 44.0 Å². The van der Waals surface area contributed by atoms with Gasteiger partial charge in [-0.15, -0.1) is 0 Å². The minimum absolute atomic E-state index is 0.177. The Morgan fingerprint density at radius 3 is 2.25 bits per heavy atom. The minimum atomic E-state index is -0.177. The highest BCUT2D eigenvalue weighted by Crippen LogP contribution is 2.30. The quantitative estimate of drug-likeness (QED) is 0.894. The number of nitrogens with zero attached hydrogens (tertiary/aromatic N) is 2. The van der Waals surface area contributed by atoms with Crippen LogP contribution in [0.5, 0.6) is 0 Å². The second-order valence-corrected chi connectivity index (χ2v) is 6.79. The van der Waals surface area contributed by atoms with Crippen LogP contribution in [0, 0.1) is 0 Å². The Morgan fingerprint density at radius 1 is 0.958 bits per heavy atom. The molecular formula is C18H19Cl2N3O. The van der Waals surface area contributed by atoms with E-state index in [4.69, 9.17) is 23.2 Å². The van der Waals surface area contributed by atoms with Crippen molar-refractivity contribution in [1.82, 2.24) is 4.90 Å². The zero-order valence-electron chi connectivity index (χ0n) is 13.4. The van der Waals surface area contributed by atoms with Gasteiger partial charge in [0, 0.05) is 41.8 Å². The number of halogens is 2. The Labute approximate surface area is 152 Å². The first kappa shape index (κ1) is 17.1. The van der Waals surface area contributed by atoms with Crippen LogP contribution in [-0.2, 0) is 0 Å². The topological polar surface area (TPSA) is 35.6 Å². The molecule has 6 heteroatoms. The molecule has 0 saturated carbocycles. The molecule has 0 atom stereocenters. The Morgan fingerprint density at radius 2 is 1.58 bits per heavy atom. The molecule has 0 spiro atoms. The van der Waals surface area contributed by atoms with Crippen molar-refractivity contribution in [3.8, 4) is 0 Å². The normalized spacial score (nSPS) is 15.4. The van der Waals surface area contributed by atoms with E-state index in [0.29, 0.717) is 15.6 Å². The van der Waals surface area contributed by atoms with Crippen molar-refractivity contribution in [2.75, 3.05) is 43.4 Å². The molecule has 24 heavy (non-hydrogen) atoms. The molecule has 1 fully saturated rings. The Balaban J connectivity index is 1.82. The number of amides is 1. The van der Waals surface area contributed by atoms with Crippen LogP contribution in [0.2, 0.25) is 10.0 Å². The van der Waals surface area contributed by atoms with Crippen molar-refractivity contribution in [3.05, 3.63) is 58.1 Å². The van der Waals surface area contributed by atoms with Crippen LogP contribution in [0.4, 0.5) is 11.4 Å². The smallest absolute Gasteiger partial charge is 0.255 e. The molecule has 1 N–H and O–H groups in total. The number of hydrogen-bond acceptors (Lipinski definition) is 3. The Kier molecular flexibility index (Phi) is 5.29. The van der Waals surface area contributed by atoms with Crippen LogP contribution >= 0.6 is 23.2 Å². The van der Waals surface area contributed by atoms with Gasteiger partial charge >= 0.3 is 0 Å². The fourth-order valence-corrected chi connectivity index (χ4v) is 3.03. The maximum absolute atomic E-state index is 12.5. The van der Waals surface area contributed by atoms with Gasteiger partial charge in [0.25, 0.3) is 5.91 Å². The molecule has 0 aliphatic carbocycles. The molecule has 1 aliphatic rings. The van der Waals surface area contributed by atoms with Crippen molar-refractivity contribution >= 4 is 40.5 Å². The summed E-state index contributed by atoms with van der Waals surface area (Å²) >= 11 is 12.0. The third kappa shape index (κ3) is 4.01. The van der Waals surface area contributed by atoms with E-state index < -0.39 is 0 Å². The summed E-state index contributed by atoms with van der Waals surface area (Å²) in [5.41, 5.74) is 2.28. The number of rotatable bonds is 3. The van der Waals surface area contributed by atoms with E-state index in [9.17, 15) is 4.79 Å². The zero-order valence-corrected chi connectivity index (χ0v) is 14.9. The van der Waals surface area contributed by atoms with Crippen molar-refractivity contribution in [1.29, 1.82) is 0 Å². The summed E-state index contributed by atoms with van der Waals surface area (Å²) in [6.07, 6.45) is 0. The standard InChI is InChI=1S/C18H19Cl2N3O/c1-22-8-10-23(11-9-22)17-7-6-15(20)12-16(17)21-18(24)13-2-4-14(19)5-3-13/h2-7,12H,8-11H2,1H3,(H,21,24). The first-order valence-corrected chi connectivity index (χ1v) is 8.58. The molecule has 2 aromatic carbocycles. The first-order valence-electron chi connectivity index (χ1n) is 7.83. The van der Waals surface area contributed by atoms with Gasteiger partial charge in [-0.05, 0) is 49.5 Å². The van der Waals surface area contributed by atoms with Gasteiger partial charge in [0.2, 0.25) is 0 Å². The second kappa shape index (κ2) is 7.43. The molecule has 126 valence electrons. The molecule has 0 aromatic heterocycles. The monoisotopic (exact) mass is 363 g/mol. The van der Waals surface area contributed by atoms with Gasteiger partial charge in [-0.2, -0.15) is 0 Å². The highest BCUT2D eigenvalue weighted by molar-refractivity contribution is 6.31. The summed E-state index contributed by atoms with van der Waals surface area (Å²) < 4.78 is 0. The van der Waals surface area contributed by atoms with Gasteiger partial charge in [-0.25, -0.2) is 0 Å². The van der Waals surface area contributed by atoms with Crippen LogP contribution in [0.15, 0.2) is 42.5 Å². The molecule has 1 amide bonds. The number of carbonyl (C=O) groups excluding carboxylic acids is 1. The Hall–Kier alpha value is -1.75. The lowest BCUT2D eigenvalue weighted by atomic mass is 10.1. The number of likely N-dealkylation sites (N-methyl/N-ethyl adjacent to an activating group) is 1. The van der Waals surface area contributed by atoms with Crippen molar-refractivity contribution in [2.45, 2.75) is 0 Å². The van der Waals surface area contributed by atoms with Gasteiger partial charge in [0.1, 0.15) is 0 Å². The third-order valence-corrected chi connectivity index (χ3v) is 4.64. The van der Waals surface area contributed by atoms with E-state index in [1.807, 2.05) is 12.1 Å². The largest absolute Gasteiger partial charge is 0.367 e. The SMILES string of the molecule is CN1CCN(c2ccc(Cl)cc2NC(=O)c2ccc(Cl)cc2)CC1. The fraction of sp³-hybridized carbons (Fsp3) is 0.278. The van der Waals surface area contributed by atoms with Gasteiger partial charge in [0.05, 0.1) is 11.4 Å². The van der Waals surface area contributed by atoms with Gasteiger partial charge in [0.15, 0.2) is 0 Å². The predicted molar refractivity (Wildman–Crippen MR) is 101 cm³/mol. The van der Waals surface area contributed by atoms with Crippen LogP contribution < -0.4 is 10.2 Å². The first-order chi connectivity index (χ1) is 11.5. The number of hydrogen-bond donors (Lipinski definition) is 1. The fourth-order valence-electron chi connectivity index (χ4n) is 2.73. The van der Waals surface area contributed by atoms with Crippen molar-refractivity contribution in [3.63, 3.8) is 0 Å². The lowest BCUT2D eigenvalue weighted by molar-refractivity contribution is 0.102. The highest BCUT2D eigenvalue weighted by atomic mass is 35.5. The Bertz CT molecular complexity index is 726. The third-order valence-electron chi connectivity index (χ3n) is 4.16. The number of benzene rings is 2. The van der Waals surface area contributed by atoms with Crippen molar-refractivity contribution in [2.24, 2.45) is 0 Å². The number of nitrogens with one attached hydrogen (secondary N) is 1. The minimum Gasteiger partial charge on any atom is -0.367 e. The molecular weight excluding hydrogens is 345 g/mol. The van der Waals surface area contributed by atoms with Crippen LogP contribution in [0.3, 0.4) is 0 Å². The summed E-state index contributed by atoms with van der Waals surface area (Å²) in [5.74, 6) is -0.177. The van der Waals surface area contributed by atoms with Gasteiger partial charge < -0.3 is 15.1 Å². The van der Waals surface area contributed by atoms with E-state index in [1.165, 1.54) is 0 Å². The van der Waals surface area contributed by atoms with E-state index in [-0.39, 0.29) is 5.91 Å². The molecule has 1 saturated heterocycles. The van der Waals surface area contributed by atoms with E-state index in [1.54, 1.807) is 30.3 Å². The average Bonchev–Trinajstić information content (AvgIpc) is 2.57. The molecule has 1 aliphatic heterocycles. The molecule has 0 radical (unpaired) electrons. The van der Waals surface area contributed by atoms with E-state index in [2.05, 4.69) is 22.2 Å². The van der Waals surface area contributed by atoms with Crippen LogP contribution in [0.1, 0.15) is 10.4 Å². The number of anilines is 2. The molecule has 0 bridgehead atoms. The van der Waals surface area contributed by atoms with E-state index >= 15 is 0 Å². The zero-order chi connectivity index (χ0) is 17.1. The number of carbonyl (C=O) groups is 1. The maximum Gasteiger partial charge on any atom is 0.255 e. The maximum atomic E-state index is 12.5. The summed E-state index contributed by atoms with van der Waals surface area (Å²) in [7, 11) is 2.11. The van der Waals surface area contributed by atoms with Gasteiger partial charge in [-0.1, -0.05) is 23.2 Å². The summed E-state index contributed by atoms with van der Waals surface area (Å²) in [6, 6.07) is 12.4. The lowest BCUT2D eigenvalue weighted by Crippen LogP contribution is -2.44. The second-order valence-electron chi connectivity index (χ2n) is 5.91. The summed E-state index contributed by atoms with van der Waals surface area (Å²) in [6.45, 7) is 3.82. The summed E-state index contributed by atoms with van der Waals surface area (Å²) in [4.78, 5) is 17.1. The molecule has 2 aromatic rings. The summed E-state index contributed by atoms with van der Waals surface area (Å²) in [5, 5.41) is 4.17. The lowest BCUT2D eigenvalue weighted by Gasteiger charge is -2.35. The van der Waals surface area contributed by atoms with Crippen molar-refractivity contribution < 1.29 is 4.79 Å². The number of piperazine rings is 1. The van der Waals surface area contributed by atoms with Gasteiger partial charge in [-0.3, -0.25) is 4.79 Å². The van der Waals surface area contributed by atoms with E-state index in [0.717, 1.165) is 37.6 Å². The van der Waals surface area contributed by atoms with Crippen LogP contribution in [0.25, 0.3) is 0 Å². The molecule has 1 heterocycles. The molecule has 3 rings (SSSR count). The molecule has 0 unspecified atom stereocenters.